The van der Waals surface area contributed by atoms with Crippen molar-refractivity contribution in [3.05, 3.63) is 80.9 Å². The molecule has 2 atom stereocenters. The van der Waals surface area contributed by atoms with E-state index in [1.165, 1.54) is 30.4 Å². The second kappa shape index (κ2) is 5.57. The van der Waals surface area contributed by atoms with E-state index in [4.69, 9.17) is 0 Å². The number of hydrogen-bond donors (Lipinski definition) is 0. The topological polar surface area (TPSA) is 0 Å². The maximum Gasteiger partial charge on any atom is 0.0722 e. The molecule has 0 saturated carbocycles. The van der Waals surface area contributed by atoms with Gasteiger partial charge in [0.15, 0.2) is 0 Å². The van der Waals surface area contributed by atoms with Gasteiger partial charge in [-0.2, -0.15) is 0 Å². The predicted molar refractivity (Wildman–Crippen MR) is 115 cm³/mol. The van der Waals surface area contributed by atoms with E-state index in [2.05, 4.69) is 75.5 Å². The van der Waals surface area contributed by atoms with Crippen molar-refractivity contribution in [2.45, 2.75) is 57.3 Å². The summed E-state index contributed by atoms with van der Waals surface area (Å²) in [5.41, 5.74) is 13.8. The molecule has 0 nitrogen and oxygen atoms in total. The number of rotatable bonds is 2. The summed E-state index contributed by atoms with van der Waals surface area (Å²) in [6.07, 6.45) is 8.82. The second-order valence-corrected chi connectivity index (χ2v) is 14.0. The highest BCUT2D eigenvalue weighted by molar-refractivity contribution is 6.81. The van der Waals surface area contributed by atoms with Crippen LogP contribution in [0.25, 0.3) is 12.2 Å². The summed E-state index contributed by atoms with van der Waals surface area (Å²) in [4.78, 5) is 0. The zero-order valence-corrected chi connectivity index (χ0v) is 17.4. The van der Waals surface area contributed by atoms with Crippen LogP contribution in [-0.2, 0) is 12.8 Å². The molecule has 0 fully saturated rings. The van der Waals surface area contributed by atoms with E-state index in [1.807, 2.05) is 0 Å². The van der Waals surface area contributed by atoms with Gasteiger partial charge in [0.05, 0.1) is 8.07 Å². The number of fused-ring (bicyclic) bond motifs is 3. The first kappa shape index (κ1) is 16.3. The van der Waals surface area contributed by atoms with Crippen LogP contribution < -0.4 is 0 Å². The highest BCUT2D eigenvalue weighted by Gasteiger charge is 2.46. The van der Waals surface area contributed by atoms with Gasteiger partial charge < -0.3 is 0 Å². The monoisotopic (exact) mass is 356 g/mol. The van der Waals surface area contributed by atoms with Gasteiger partial charge in [-0.05, 0) is 66.5 Å². The Labute approximate surface area is 158 Å². The van der Waals surface area contributed by atoms with E-state index in [-0.39, 0.29) is 0 Å². The maximum absolute atomic E-state index is 2.63. The Kier molecular flexibility index (Phi) is 3.49. The van der Waals surface area contributed by atoms with Crippen LogP contribution in [0.5, 0.6) is 0 Å². The van der Waals surface area contributed by atoms with Gasteiger partial charge in [-0.25, -0.2) is 0 Å². The van der Waals surface area contributed by atoms with Crippen LogP contribution in [0, 0.1) is 0 Å². The predicted octanol–water partition coefficient (Wildman–Crippen LogP) is 6.66. The first-order chi connectivity index (χ1) is 12.5. The lowest BCUT2D eigenvalue weighted by molar-refractivity contribution is 0.910. The third kappa shape index (κ3) is 2.19. The van der Waals surface area contributed by atoms with Crippen molar-refractivity contribution >= 4 is 20.2 Å². The fourth-order valence-electron chi connectivity index (χ4n) is 6.23. The highest BCUT2D eigenvalue weighted by atomic mass is 28.3. The molecule has 26 heavy (non-hydrogen) atoms. The van der Waals surface area contributed by atoms with Crippen LogP contribution in [0.15, 0.2) is 47.5 Å². The first-order valence-corrected chi connectivity index (χ1v) is 13.2. The fraction of sp³-hybridized carbons (Fsp3) is 0.360. The minimum absolute atomic E-state index is 0.631. The summed E-state index contributed by atoms with van der Waals surface area (Å²) in [6, 6.07) is 14.2. The lowest BCUT2D eigenvalue weighted by atomic mass is 10.0. The molecule has 5 rings (SSSR count). The molecule has 3 aliphatic carbocycles. The average Bonchev–Trinajstić information content (AvgIpc) is 3.25. The standard InChI is InChI=1S/C25H28Si/c1-16-12-20-8-5-6-11-22(20)24(16)26(3,4)25-17(2)13-21-14-18-9-7-10-19(18)15-23(21)25/h5-6,8,11-15,24-25H,7,9-10H2,1-4H3. The van der Waals surface area contributed by atoms with E-state index < -0.39 is 8.07 Å². The lowest BCUT2D eigenvalue weighted by Gasteiger charge is -2.39. The number of hydrogen-bond acceptors (Lipinski definition) is 0. The van der Waals surface area contributed by atoms with Crippen LogP contribution in [0.3, 0.4) is 0 Å². The largest absolute Gasteiger partial charge is 0.0722 e. The SMILES string of the molecule is CC1=Cc2ccccc2C1[Si](C)(C)C1C(C)=Cc2cc3c(cc21)CCC3. The highest BCUT2D eigenvalue weighted by Crippen LogP contribution is 2.52. The normalized spacial score (nSPS) is 23.4. The van der Waals surface area contributed by atoms with Crippen molar-refractivity contribution in [1.29, 1.82) is 0 Å². The van der Waals surface area contributed by atoms with Crippen LogP contribution in [0.2, 0.25) is 13.1 Å². The molecule has 2 aromatic carbocycles. The Hall–Kier alpha value is -1.86. The Morgan fingerprint density at radius 1 is 0.769 bits per heavy atom. The van der Waals surface area contributed by atoms with Crippen molar-refractivity contribution in [2.75, 3.05) is 0 Å². The Morgan fingerprint density at radius 3 is 2.15 bits per heavy atom. The first-order valence-electron chi connectivity index (χ1n) is 10.1. The van der Waals surface area contributed by atoms with Crippen LogP contribution in [0.4, 0.5) is 0 Å². The molecular formula is C25H28Si. The molecule has 1 heteroatoms. The van der Waals surface area contributed by atoms with Crippen molar-refractivity contribution in [3.8, 4) is 0 Å². The molecule has 0 bridgehead atoms. The Bertz CT molecular complexity index is 974. The molecule has 0 saturated heterocycles. The van der Waals surface area contributed by atoms with Crippen molar-refractivity contribution < 1.29 is 0 Å². The van der Waals surface area contributed by atoms with Gasteiger partial charge in [-0.3, -0.25) is 0 Å². The molecule has 2 unspecified atom stereocenters. The molecule has 0 radical (unpaired) electrons. The maximum atomic E-state index is 2.63. The number of allylic oxidation sites excluding steroid dienone is 2. The molecule has 0 aliphatic heterocycles. The molecule has 0 aromatic heterocycles. The van der Waals surface area contributed by atoms with E-state index in [9.17, 15) is 0 Å². The molecule has 2 aromatic rings. The molecule has 0 spiro atoms. The molecule has 132 valence electrons. The van der Waals surface area contributed by atoms with Gasteiger partial charge in [0.1, 0.15) is 0 Å². The minimum atomic E-state index is -1.64. The van der Waals surface area contributed by atoms with Crippen molar-refractivity contribution in [2.24, 2.45) is 0 Å². The van der Waals surface area contributed by atoms with Crippen molar-refractivity contribution in [1.82, 2.24) is 0 Å². The van der Waals surface area contributed by atoms with Crippen LogP contribution >= 0.6 is 0 Å². The summed E-state index contributed by atoms with van der Waals surface area (Å²) in [5, 5.41) is 0. The summed E-state index contributed by atoms with van der Waals surface area (Å²) in [7, 11) is -1.64. The van der Waals surface area contributed by atoms with Gasteiger partial charge in [0.2, 0.25) is 0 Å². The van der Waals surface area contributed by atoms with E-state index in [1.54, 1.807) is 33.4 Å². The van der Waals surface area contributed by atoms with Crippen LogP contribution in [-0.4, -0.2) is 8.07 Å². The summed E-state index contributed by atoms with van der Waals surface area (Å²) >= 11 is 0. The zero-order chi connectivity index (χ0) is 18.1. The molecule has 0 amide bonds. The summed E-state index contributed by atoms with van der Waals surface area (Å²) < 4.78 is 0. The summed E-state index contributed by atoms with van der Waals surface area (Å²) in [6.45, 7) is 9.99. The van der Waals surface area contributed by atoms with Gasteiger partial charge in [0, 0.05) is 11.1 Å². The molecule has 0 N–H and O–H groups in total. The molecule has 3 aliphatic rings. The van der Waals surface area contributed by atoms with Gasteiger partial charge in [-0.1, -0.05) is 72.8 Å². The van der Waals surface area contributed by atoms with E-state index >= 15 is 0 Å². The van der Waals surface area contributed by atoms with E-state index in [0.717, 1.165) is 0 Å². The molecular weight excluding hydrogens is 328 g/mol. The lowest BCUT2D eigenvalue weighted by Crippen LogP contribution is -2.42. The van der Waals surface area contributed by atoms with Gasteiger partial charge in [0.25, 0.3) is 0 Å². The van der Waals surface area contributed by atoms with Crippen LogP contribution in [0.1, 0.15) is 64.7 Å². The average molecular weight is 357 g/mol. The quantitative estimate of drug-likeness (QED) is 0.528. The smallest absolute Gasteiger partial charge is 0.0679 e. The third-order valence-corrected chi connectivity index (χ3v) is 11.6. The Morgan fingerprint density at radius 2 is 1.38 bits per heavy atom. The number of benzene rings is 2. The van der Waals surface area contributed by atoms with Gasteiger partial charge >= 0.3 is 0 Å². The Balaban J connectivity index is 1.63. The minimum Gasteiger partial charge on any atom is -0.0679 e. The number of aryl methyl sites for hydroxylation is 2. The second-order valence-electron chi connectivity index (χ2n) is 9.20. The van der Waals surface area contributed by atoms with E-state index in [0.29, 0.717) is 11.1 Å². The third-order valence-electron chi connectivity index (χ3n) is 7.08. The fourth-order valence-corrected chi connectivity index (χ4v) is 11.2. The molecule has 0 heterocycles. The van der Waals surface area contributed by atoms with Crippen molar-refractivity contribution in [3.63, 3.8) is 0 Å². The van der Waals surface area contributed by atoms with Gasteiger partial charge in [-0.15, -0.1) is 0 Å². The summed E-state index contributed by atoms with van der Waals surface area (Å²) in [5.74, 6) is 0. The zero-order valence-electron chi connectivity index (χ0n) is 16.4.